The maximum atomic E-state index is 13.5. The van der Waals surface area contributed by atoms with E-state index >= 15 is 0 Å². The Morgan fingerprint density at radius 3 is 2.62 bits per heavy atom. The minimum Gasteiger partial charge on any atom is -0.496 e. The highest BCUT2D eigenvalue weighted by atomic mass is 32.1. The van der Waals surface area contributed by atoms with E-state index in [1.165, 1.54) is 14.2 Å². The number of ether oxygens (including phenoxy) is 1. The number of hydrogen-bond donors (Lipinski definition) is 2. The Bertz CT molecular complexity index is 1480. The Morgan fingerprint density at radius 2 is 1.97 bits per heavy atom. The Hall–Kier alpha value is -4.18. The minimum atomic E-state index is -4.68. The van der Waals surface area contributed by atoms with E-state index in [-0.39, 0.29) is 27.6 Å². The fraction of sp³-hybridized carbons (Fsp3) is 0.292. The number of hydrogen-bond acceptors (Lipinski definition) is 7. The van der Waals surface area contributed by atoms with Crippen LogP contribution in [0, 0.1) is 17.8 Å². The molecule has 0 aliphatic heterocycles. The normalized spacial score (nSPS) is 12.9. The number of anilines is 1. The number of amides is 2. The first-order chi connectivity index (χ1) is 17.6. The van der Waals surface area contributed by atoms with Crippen LogP contribution in [-0.2, 0) is 17.5 Å². The van der Waals surface area contributed by atoms with Crippen molar-refractivity contribution < 1.29 is 27.5 Å². The molecule has 37 heavy (non-hydrogen) atoms. The number of carbonyl (C=O) groups excluding carboxylic acids is 2. The monoisotopic (exact) mass is 531 g/mol. The largest absolute Gasteiger partial charge is 0.496 e. The lowest BCUT2D eigenvalue weighted by Crippen LogP contribution is -2.31. The van der Waals surface area contributed by atoms with Crippen molar-refractivity contribution in [1.29, 1.82) is 0 Å². The van der Waals surface area contributed by atoms with Crippen LogP contribution in [0.5, 0.6) is 5.75 Å². The number of benzene rings is 1. The zero-order chi connectivity index (χ0) is 26.7. The van der Waals surface area contributed by atoms with Gasteiger partial charge in [0.15, 0.2) is 5.01 Å². The van der Waals surface area contributed by atoms with Gasteiger partial charge in [0.25, 0.3) is 11.5 Å². The number of pyridine rings is 1. The Balaban J connectivity index is 1.79. The van der Waals surface area contributed by atoms with Gasteiger partial charge in [-0.2, -0.15) is 13.2 Å². The van der Waals surface area contributed by atoms with Gasteiger partial charge >= 0.3 is 6.18 Å². The van der Waals surface area contributed by atoms with Crippen LogP contribution in [-0.4, -0.2) is 40.7 Å². The van der Waals surface area contributed by atoms with Gasteiger partial charge in [-0.15, -0.1) is 10.2 Å². The fourth-order valence-electron chi connectivity index (χ4n) is 3.31. The average Bonchev–Trinajstić information content (AvgIpc) is 3.60. The van der Waals surface area contributed by atoms with Gasteiger partial charge in [-0.25, -0.2) is 0 Å². The maximum Gasteiger partial charge on any atom is 0.416 e. The molecule has 0 saturated heterocycles. The van der Waals surface area contributed by atoms with Crippen molar-refractivity contribution in [1.82, 2.24) is 20.1 Å². The Kier molecular flexibility index (Phi) is 7.30. The summed E-state index contributed by atoms with van der Waals surface area (Å²) in [6.07, 6.45) is -1.47. The van der Waals surface area contributed by atoms with E-state index in [9.17, 15) is 27.6 Å². The predicted molar refractivity (Wildman–Crippen MR) is 129 cm³/mol. The number of rotatable bonds is 6. The maximum absolute atomic E-state index is 13.5. The van der Waals surface area contributed by atoms with E-state index in [0.717, 1.165) is 59.2 Å². The zero-order valence-electron chi connectivity index (χ0n) is 19.6. The number of aromatic nitrogens is 3. The Morgan fingerprint density at radius 1 is 1.22 bits per heavy atom. The number of nitrogens with zero attached hydrogens (tertiary/aromatic N) is 3. The number of nitrogens with one attached hydrogen (secondary N) is 2. The molecule has 0 unspecified atom stereocenters. The summed E-state index contributed by atoms with van der Waals surface area (Å²) >= 11 is 1.02. The molecule has 192 valence electrons. The predicted octanol–water partition coefficient (Wildman–Crippen LogP) is 3.15. The molecule has 1 aliphatic rings. The first kappa shape index (κ1) is 25.9. The van der Waals surface area contributed by atoms with Crippen LogP contribution in [0.15, 0.2) is 35.3 Å². The zero-order valence-corrected chi connectivity index (χ0v) is 20.4. The van der Waals surface area contributed by atoms with Crippen LogP contribution < -0.4 is 20.9 Å². The van der Waals surface area contributed by atoms with E-state index in [1.54, 1.807) is 0 Å². The number of alkyl halides is 3. The van der Waals surface area contributed by atoms with Crippen LogP contribution >= 0.6 is 11.3 Å². The van der Waals surface area contributed by atoms with Crippen molar-refractivity contribution in [3.05, 3.63) is 57.0 Å². The standard InChI is InChI=1S/C24H20F3N5O4S/c1-28-19(33)12-32-11-17(15-9-14(24(25,26)27)6-7-18(15)36-2)16(10-21(32)34)22(35)29-23-31-30-20(37-23)8-5-13-3-4-13/h6-7,9-11,13H,3-4,12H2,1-2H3,(H,28,33)(H,29,31,35). The molecule has 0 spiro atoms. The molecule has 4 rings (SSSR count). The Labute approximate surface area is 212 Å². The van der Waals surface area contributed by atoms with Crippen molar-refractivity contribution in [2.24, 2.45) is 5.92 Å². The van der Waals surface area contributed by atoms with Crippen LogP contribution in [0.2, 0.25) is 0 Å². The lowest BCUT2D eigenvalue weighted by Gasteiger charge is -2.17. The summed E-state index contributed by atoms with van der Waals surface area (Å²) in [6, 6.07) is 3.72. The summed E-state index contributed by atoms with van der Waals surface area (Å²) in [5.74, 6) is 4.95. The summed E-state index contributed by atoms with van der Waals surface area (Å²) in [5, 5.41) is 13.2. The number of halogens is 3. The van der Waals surface area contributed by atoms with Gasteiger partial charge in [-0.05, 0) is 37.0 Å². The summed E-state index contributed by atoms with van der Waals surface area (Å²) in [4.78, 5) is 37.8. The topological polar surface area (TPSA) is 115 Å². The van der Waals surface area contributed by atoms with Crippen LogP contribution in [0.1, 0.15) is 33.8 Å². The van der Waals surface area contributed by atoms with E-state index < -0.39 is 35.7 Å². The average molecular weight is 532 g/mol. The highest BCUT2D eigenvalue weighted by molar-refractivity contribution is 7.15. The lowest BCUT2D eigenvalue weighted by molar-refractivity contribution is -0.137. The second kappa shape index (κ2) is 10.4. The van der Waals surface area contributed by atoms with Gasteiger partial charge < -0.3 is 14.6 Å². The SMILES string of the molecule is CNC(=O)Cn1cc(-c2cc(C(F)(F)F)ccc2OC)c(C(=O)Nc2nnc(C#CC3CC3)s2)cc1=O. The molecule has 2 N–H and O–H groups in total. The third-order valence-electron chi connectivity index (χ3n) is 5.39. The van der Waals surface area contributed by atoms with E-state index in [2.05, 4.69) is 32.7 Å². The highest BCUT2D eigenvalue weighted by Crippen LogP contribution is 2.38. The fourth-order valence-corrected chi connectivity index (χ4v) is 3.91. The van der Waals surface area contributed by atoms with Crippen LogP contribution in [0.25, 0.3) is 11.1 Å². The van der Waals surface area contributed by atoms with E-state index in [1.807, 2.05) is 0 Å². The van der Waals surface area contributed by atoms with Crippen molar-refractivity contribution in [2.75, 3.05) is 19.5 Å². The van der Waals surface area contributed by atoms with Crippen LogP contribution in [0.3, 0.4) is 0 Å². The first-order valence-electron chi connectivity index (χ1n) is 11.0. The van der Waals surface area contributed by atoms with Gasteiger partial charge in [0.05, 0.1) is 18.2 Å². The summed E-state index contributed by atoms with van der Waals surface area (Å²) in [5.41, 5.74) is -2.08. The second-order valence-corrected chi connectivity index (χ2v) is 9.04. The van der Waals surface area contributed by atoms with Gasteiger partial charge in [0.1, 0.15) is 12.3 Å². The molecular weight excluding hydrogens is 511 g/mol. The smallest absolute Gasteiger partial charge is 0.416 e. The van der Waals surface area contributed by atoms with Gasteiger partial charge in [0.2, 0.25) is 11.0 Å². The molecule has 1 saturated carbocycles. The molecule has 2 heterocycles. The van der Waals surface area contributed by atoms with Crippen LogP contribution in [0.4, 0.5) is 18.3 Å². The lowest BCUT2D eigenvalue weighted by atomic mass is 9.98. The summed E-state index contributed by atoms with van der Waals surface area (Å²) < 4.78 is 46.7. The van der Waals surface area contributed by atoms with Crippen molar-refractivity contribution in [2.45, 2.75) is 25.6 Å². The molecule has 1 fully saturated rings. The molecule has 3 aromatic rings. The second-order valence-electron chi connectivity index (χ2n) is 8.06. The van der Waals surface area contributed by atoms with E-state index in [0.29, 0.717) is 10.9 Å². The number of likely N-dealkylation sites (N-methyl/N-ethyl adjacent to an activating group) is 1. The molecular formula is C24H20F3N5O4S. The quantitative estimate of drug-likeness (QED) is 0.473. The summed E-state index contributed by atoms with van der Waals surface area (Å²) in [6.45, 7) is -0.412. The minimum absolute atomic E-state index is 0.0285. The van der Waals surface area contributed by atoms with Crippen molar-refractivity contribution in [3.8, 4) is 28.7 Å². The molecule has 13 heteroatoms. The molecule has 1 aromatic carbocycles. The molecule has 0 atom stereocenters. The number of methoxy groups -OCH3 is 1. The molecule has 9 nitrogen and oxygen atoms in total. The first-order valence-corrected chi connectivity index (χ1v) is 11.8. The van der Waals surface area contributed by atoms with Gasteiger partial charge in [-0.3, -0.25) is 19.7 Å². The highest BCUT2D eigenvalue weighted by Gasteiger charge is 2.32. The molecule has 2 amide bonds. The summed E-state index contributed by atoms with van der Waals surface area (Å²) in [7, 11) is 2.63. The third-order valence-corrected chi connectivity index (χ3v) is 6.14. The molecule has 2 aromatic heterocycles. The van der Waals surface area contributed by atoms with E-state index in [4.69, 9.17) is 4.74 Å². The van der Waals surface area contributed by atoms with Gasteiger partial charge in [-0.1, -0.05) is 17.3 Å². The third kappa shape index (κ3) is 6.15. The molecule has 1 aliphatic carbocycles. The van der Waals surface area contributed by atoms with Crippen molar-refractivity contribution >= 4 is 28.3 Å². The van der Waals surface area contributed by atoms with Crippen molar-refractivity contribution in [3.63, 3.8) is 0 Å². The molecule has 0 radical (unpaired) electrons. The number of carbonyl (C=O) groups is 2. The molecule has 0 bridgehead atoms. The van der Waals surface area contributed by atoms with Gasteiger partial charge in [0, 0.05) is 36.4 Å².